The highest BCUT2D eigenvalue weighted by molar-refractivity contribution is 5.61. The van der Waals surface area contributed by atoms with E-state index < -0.39 is 0 Å². The number of rotatable bonds is 5. The van der Waals surface area contributed by atoms with Gasteiger partial charge in [0.15, 0.2) is 0 Å². The SMILES string of the molecule is CCc1ccccc1NCc1n[nH]nc1-c1ccccc1. The zero-order chi connectivity index (χ0) is 14.5. The van der Waals surface area contributed by atoms with Gasteiger partial charge in [0.05, 0.1) is 6.54 Å². The van der Waals surface area contributed by atoms with Gasteiger partial charge in [0.25, 0.3) is 0 Å². The summed E-state index contributed by atoms with van der Waals surface area (Å²) in [5.41, 5.74) is 5.36. The fourth-order valence-corrected chi connectivity index (χ4v) is 2.38. The number of benzene rings is 2. The first-order valence-corrected chi connectivity index (χ1v) is 7.15. The Kier molecular flexibility index (Phi) is 3.96. The van der Waals surface area contributed by atoms with Crippen molar-refractivity contribution < 1.29 is 0 Å². The Hall–Kier alpha value is -2.62. The molecule has 4 nitrogen and oxygen atoms in total. The molecule has 0 aliphatic carbocycles. The molecule has 0 amide bonds. The van der Waals surface area contributed by atoms with E-state index in [9.17, 15) is 0 Å². The molecule has 0 bridgehead atoms. The lowest BCUT2D eigenvalue weighted by Gasteiger charge is -2.10. The molecule has 1 heterocycles. The summed E-state index contributed by atoms with van der Waals surface area (Å²) >= 11 is 0. The maximum Gasteiger partial charge on any atom is 0.117 e. The molecule has 0 unspecified atom stereocenters. The van der Waals surface area contributed by atoms with Gasteiger partial charge >= 0.3 is 0 Å². The maximum atomic E-state index is 4.27. The molecule has 0 atom stereocenters. The highest BCUT2D eigenvalue weighted by Crippen LogP contribution is 2.21. The van der Waals surface area contributed by atoms with E-state index in [1.165, 1.54) is 5.56 Å². The van der Waals surface area contributed by atoms with Gasteiger partial charge in [0.2, 0.25) is 0 Å². The second kappa shape index (κ2) is 6.22. The van der Waals surface area contributed by atoms with Gasteiger partial charge in [-0.3, -0.25) is 0 Å². The van der Waals surface area contributed by atoms with Crippen molar-refractivity contribution in [3.8, 4) is 11.3 Å². The minimum Gasteiger partial charge on any atom is -0.379 e. The molecule has 3 rings (SSSR count). The highest BCUT2D eigenvalue weighted by atomic mass is 15.3. The lowest BCUT2D eigenvalue weighted by Crippen LogP contribution is -2.03. The van der Waals surface area contributed by atoms with Gasteiger partial charge in [-0.25, -0.2) is 0 Å². The van der Waals surface area contributed by atoms with E-state index in [2.05, 4.69) is 45.9 Å². The number of anilines is 1. The van der Waals surface area contributed by atoms with Crippen molar-refractivity contribution >= 4 is 5.69 Å². The Bertz CT molecular complexity index is 704. The van der Waals surface area contributed by atoms with E-state index in [4.69, 9.17) is 0 Å². The minimum atomic E-state index is 0.651. The van der Waals surface area contributed by atoms with Crippen LogP contribution in [0.2, 0.25) is 0 Å². The van der Waals surface area contributed by atoms with Crippen molar-refractivity contribution in [2.75, 3.05) is 5.32 Å². The zero-order valence-electron chi connectivity index (χ0n) is 12.0. The summed E-state index contributed by atoms with van der Waals surface area (Å²) in [7, 11) is 0. The molecule has 0 saturated heterocycles. The van der Waals surface area contributed by atoms with Crippen LogP contribution in [-0.4, -0.2) is 15.4 Å². The molecule has 21 heavy (non-hydrogen) atoms. The first-order valence-electron chi connectivity index (χ1n) is 7.15. The van der Waals surface area contributed by atoms with Crippen molar-refractivity contribution in [2.45, 2.75) is 19.9 Å². The van der Waals surface area contributed by atoms with Gasteiger partial charge < -0.3 is 5.32 Å². The molecule has 0 saturated carbocycles. The highest BCUT2D eigenvalue weighted by Gasteiger charge is 2.10. The Morgan fingerprint density at radius 1 is 0.952 bits per heavy atom. The van der Waals surface area contributed by atoms with E-state index >= 15 is 0 Å². The Morgan fingerprint density at radius 3 is 2.52 bits per heavy atom. The average Bonchev–Trinajstić information content (AvgIpc) is 3.02. The molecule has 106 valence electrons. The van der Waals surface area contributed by atoms with Gasteiger partial charge in [0.1, 0.15) is 11.4 Å². The Balaban J connectivity index is 1.79. The van der Waals surface area contributed by atoms with Crippen LogP contribution in [0, 0.1) is 0 Å². The minimum absolute atomic E-state index is 0.651. The van der Waals surface area contributed by atoms with E-state index in [-0.39, 0.29) is 0 Å². The van der Waals surface area contributed by atoms with Crippen molar-refractivity contribution in [1.29, 1.82) is 0 Å². The fourth-order valence-electron chi connectivity index (χ4n) is 2.38. The third-order valence-corrected chi connectivity index (χ3v) is 3.51. The second-order valence-corrected chi connectivity index (χ2v) is 4.85. The van der Waals surface area contributed by atoms with E-state index in [1.54, 1.807) is 0 Å². The first-order chi connectivity index (χ1) is 10.4. The molecule has 1 aromatic heterocycles. The molecule has 0 spiro atoms. The fraction of sp³-hybridized carbons (Fsp3) is 0.176. The number of hydrogen-bond donors (Lipinski definition) is 2. The van der Waals surface area contributed by atoms with Crippen LogP contribution in [0.4, 0.5) is 5.69 Å². The lowest BCUT2D eigenvalue weighted by atomic mass is 10.1. The van der Waals surface area contributed by atoms with Crippen LogP contribution >= 0.6 is 0 Å². The molecule has 0 aliphatic heterocycles. The van der Waals surface area contributed by atoms with Crippen LogP contribution in [-0.2, 0) is 13.0 Å². The second-order valence-electron chi connectivity index (χ2n) is 4.85. The third-order valence-electron chi connectivity index (χ3n) is 3.51. The van der Waals surface area contributed by atoms with Crippen LogP contribution in [0.3, 0.4) is 0 Å². The number of aryl methyl sites for hydroxylation is 1. The normalized spacial score (nSPS) is 10.5. The molecule has 0 fully saturated rings. The summed E-state index contributed by atoms with van der Waals surface area (Å²) in [6, 6.07) is 18.4. The Morgan fingerprint density at radius 2 is 1.71 bits per heavy atom. The van der Waals surface area contributed by atoms with Gasteiger partial charge in [-0.2, -0.15) is 15.4 Å². The van der Waals surface area contributed by atoms with Crippen LogP contribution in [0.5, 0.6) is 0 Å². The summed E-state index contributed by atoms with van der Waals surface area (Å²) in [6.07, 6.45) is 1.01. The van der Waals surface area contributed by atoms with E-state index in [1.807, 2.05) is 36.4 Å². The predicted octanol–water partition coefficient (Wildman–Crippen LogP) is 3.65. The molecule has 3 aromatic rings. The Labute approximate surface area is 124 Å². The number of hydrogen-bond acceptors (Lipinski definition) is 3. The number of nitrogens with zero attached hydrogens (tertiary/aromatic N) is 2. The molecule has 2 N–H and O–H groups in total. The van der Waals surface area contributed by atoms with Crippen molar-refractivity contribution in [1.82, 2.24) is 15.4 Å². The number of aromatic amines is 1. The maximum absolute atomic E-state index is 4.27. The van der Waals surface area contributed by atoms with Gasteiger partial charge in [-0.05, 0) is 18.1 Å². The van der Waals surface area contributed by atoms with Crippen molar-refractivity contribution in [3.05, 3.63) is 65.9 Å². The lowest BCUT2D eigenvalue weighted by molar-refractivity contribution is 0.910. The number of para-hydroxylation sites is 1. The van der Waals surface area contributed by atoms with Crippen LogP contribution < -0.4 is 5.32 Å². The summed E-state index contributed by atoms with van der Waals surface area (Å²) < 4.78 is 0. The predicted molar refractivity (Wildman–Crippen MR) is 85.0 cm³/mol. The van der Waals surface area contributed by atoms with E-state index in [0.29, 0.717) is 6.54 Å². The van der Waals surface area contributed by atoms with Gasteiger partial charge in [-0.15, -0.1) is 0 Å². The van der Waals surface area contributed by atoms with Crippen LogP contribution in [0.15, 0.2) is 54.6 Å². The summed E-state index contributed by atoms with van der Waals surface area (Å²) in [4.78, 5) is 0. The average molecular weight is 278 g/mol. The molecular weight excluding hydrogens is 260 g/mol. The number of nitrogens with one attached hydrogen (secondary N) is 2. The summed E-state index contributed by atoms with van der Waals surface area (Å²) in [5.74, 6) is 0. The molecule has 0 radical (unpaired) electrons. The van der Waals surface area contributed by atoms with Gasteiger partial charge in [0, 0.05) is 11.3 Å². The number of aromatic nitrogens is 3. The molecule has 2 aromatic carbocycles. The summed E-state index contributed by atoms with van der Waals surface area (Å²) in [6.45, 7) is 2.81. The standard InChI is InChI=1S/C17H18N4/c1-2-13-8-6-7-11-15(13)18-12-16-17(20-21-19-16)14-9-4-3-5-10-14/h3-11,18H,2,12H2,1H3,(H,19,20,21). The molecule has 0 aliphatic rings. The third kappa shape index (κ3) is 2.94. The first kappa shape index (κ1) is 13.4. The van der Waals surface area contributed by atoms with Gasteiger partial charge in [-0.1, -0.05) is 55.5 Å². The largest absolute Gasteiger partial charge is 0.379 e. The monoisotopic (exact) mass is 278 g/mol. The van der Waals surface area contributed by atoms with Crippen molar-refractivity contribution in [2.24, 2.45) is 0 Å². The van der Waals surface area contributed by atoms with Crippen LogP contribution in [0.1, 0.15) is 18.2 Å². The zero-order valence-corrected chi connectivity index (χ0v) is 12.0. The molecular formula is C17H18N4. The van der Waals surface area contributed by atoms with Crippen LogP contribution in [0.25, 0.3) is 11.3 Å². The molecule has 4 heteroatoms. The number of H-pyrrole nitrogens is 1. The van der Waals surface area contributed by atoms with Crippen molar-refractivity contribution in [3.63, 3.8) is 0 Å². The topological polar surface area (TPSA) is 53.6 Å². The summed E-state index contributed by atoms with van der Waals surface area (Å²) in [5, 5.41) is 14.7. The quantitative estimate of drug-likeness (QED) is 0.749. The smallest absolute Gasteiger partial charge is 0.117 e. The van der Waals surface area contributed by atoms with E-state index in [0.717, 1.165) is 29.1 Å².